The molecule has 1 atom stereocenters. The van der Waals surface area contributed by atoms with Crippen LogP contribution in [0.5, 0.6) is 0 Å². The minimum absolute atomic E-state index is 0.136. The predicted octanol–water partition coefficient (Wildman–Crippen LogP) is 2.12. The number of hydrogen-bond acceptors (Lipinski definition) is 3. The van der Waals surface area contributed by atoms with Crippen LogP contribution in [0.1, 0.15) is 31.7 Å². The molecule has 2 aliphatic rings. The highest BCUT2D eigenvalue weighted by Crippen LogP contribution is 2.30. The Labute approximate surface area is 129 Å². The van der Waals surface area contributed by atoms with Gasteiger partial charge < -0.3 is 5.73 Å². The molecule has 1 aliphatic heterocycles. The average Bonchev–Trinajstić information content (AvgIpc) is 3.39. The predicted molar refractivity (Wildman–Crippen MR) is 88.4 cm³/mol. The van der Waals surface area contributed by atoms with Crippen LogP contribution in [0.2, 0.25) is 0 Å². The second-order valence-electron chi connectivity index (χ2n) is 6.70. The maximum Gasteiger partial charge on any atom is 0.0370 e. The van der Waals surface area contributed by atoms with E-state index in [9.17, 15) is 0 Å². The van der Waals surface area contributed by atoms with E-state index in [1.165, 1.54) is 44.6 Å². The van der Waals surface area contributed by atoms with E-state index >= 15 is 0 Å². The SMILES string of the molecule is CCC(CN)(Cc1ccccc1)N1CCN(C2CC2)CC1. The van der Waals surface area contributed by atoms with Gasteiger partial charge in [0.15, 0.2) is 0 Å². The second kappa shape index (κ2) is 6.47. The van der Waals surface area contributed by atoms with E-state index in [0.29, 0.717) is 0 Å². The van der Waals surface area contributed by atoms with Gasteiger partial charge in [0.25, 0.3) is 0 Å². The molecular formula is C18H29N3. The Hall–Kier alpha value is -0.900. The molecule has 0 amide bonds. The second-order valence-corrected chi connectivity index (χ2v) is 6.70. The molecule has 2 N–H and O–H groups in total. The lowest BCUT2D eigenvalue weighted by Crippen LogP contribution is -2.61. The number of piperazine rings is 1. The fraction of sp³-hybridized carbons (Fsp3) is 0.667. The fourth-order valence-electron chi connectivity index (χ4n) is 3.78. The van der Waals surface area contributed by atoms with Crippen molar-refractivity contribution in [3.05, 3.63) is 35.9 Å². The van der Waals surface area contributed by atoms with Crippen LogP contribution < -0.4 is 5.73 Å². The van der Waals surface area contributed by atoms with Crippen LogP contribution in [0.15, 0.2) is 30.3 Å². The Morgan fingerprint density at radius 3 is 2.29 bits per heavy atom. The summed E-state index contributed by atoms with van der Waals surface area (Å²) in [5, 5.41) is 0. The molecule has 1 aromatic carbocycles. The maximum absolute atomic E-state index is 6.25. The van der Waals surface area contributed by atoms with Crippen molar-refractivity contribution in [3.63, 3.8) is 0 Å². The highest BCUT2D eigenvalue weighted by atomic mass is 15.3. The molecule has 0 spiro atoms. The van der Waals surface area contributed by atoms with Gasteiger partial charge in [-0.05, 0) is 31.2 Å². The number of hydrogen-bond donors (Lipinski definition) is 1. The van der Waals surface area contributed by atoms with Gasteiger partial charge in [-0.15, -0.1) is 0 Å². The number of nitrogens with zero attached hydrogens (tertiary/aromatic N) is 2. The molecule has 21 heavy (non-hydrogen) atoms. The summed E-state index contributed by atoms with van der Waals surface area (Å²) >= 11 is 0. The minimum Gasteiger partial charge on any atom is -0.329 e. The van der Waals surface area contributed by atoms with Gasteiger partial charge in [0.1, 0.15) is 0 Å². The Kier molecular flexibility index (Phi) is 4.63. The molecule has 1 heterocycles. The van der Waals surface area contributed by atoms with E-state index < -0.39 is 0 Å². The summed E-state index contributed by atoms with van der Waals surface area (Å²) in [6.45, 7) is 7.84. The van der Waals surface area contributed by atoms with E-state index in [4.69, 9.17) is 5.73 Å². The summed E-state index contributed by atoms with van der Waals surface area (Å²) in [6, 6.07) is 11.7. The van der Waals surface area contributed by atoms with Crippen LogP contribution in [0.25, 0.3) is 0 Å². The molecular weight excluding hydrogens is 258 g/mol. The molecule has 1 aliphatic carbocycles. The van der Waals surface area contributed by atoms with Crippen LogP contribution in [0.3, 0.4) is 0 Å². The number of benzene rings is 1. The van der Waals surface area contributed by atoms with Crippen LogP contribution in [0.4, 0.5) is 0 Å². The molecule has 1 aromatic rings. The third-order valence-electron chi connectivity index (χ3n) is 5.46. The van der Waals surface area contributed by atoms with Gasteiger partial charge in [-0.3, -0.25) is 9.80 Å². The normalized spacial score (nSPS) is 23.9. The molecule has 0 aromatic heterocycles. The highest BCUT2D eigenvalue weighted by Gasteiger charge is 2.38. The van der Waals surface area contributed by atoms with Crippen molar-refractivity contribution >= 4 is 0 Å². The maximum atomic E-state index is 6.25. The van der Waals surface area contributed by atoms with Gasteiger partial charge in [0.2, 0.25) is 0 Å². The van der Waals surface area contributed by atoms with Crippen LogP contribution in [0, 0.1) is 0 Å². The largest absolute Gasteiger partial charge is 0.329 e. The third kappa shape index (κ3) is 3.31. The fourth-order valence-corrected chi connectivity index (χ4v) is 3.78. The van der Waals surface area contributed by atoms with Crippen molar-refractivity contribution in [2.75, 3.05) is 32.7 Å². The molecule has 116 valence electrons. The van der Waals surface area contributed by atoms with E-state index in [-0.39, 0.29) is 5.54 Å². The Balaban J connectivity index is 1.68. The van der Waals surface area contributed by atoms with Crippen molar-refractivity contribution in [1.29, 1.82) is 0 Å². The Morgan fingerprint density at radius 2 is 1.76 bits per heavy atom. The summed E-state index contributed by atoms with van der Waals surface area (Å²) in [5.74, 6) is 0. The monoisotopic (exact) mass is 287 g/mol. The van der Waals surface area contributed by atoms with Gasteiger partial charge in [-0.1, -0.05) is 37.3 Å². The molecule has 0 bridgehead atoms. The van der Waals surface area contributed by atoms with Crippen molar-refractivity contribution < 1.29 is 0 Å². The molecule has 2 fully saturated rings. The quantitative estimate of drug-likeness (QED) is 0.870. The standard InChI is InChI=1S/C18H29N3/c1-2-18(15-19,14-16-6-4-3-5-7-16)21-12-10-20(11-13-21)17-8-9-17/h3-7,17H,2,8-15,19H2,1H3. The highest BCUT2D eigenvalue weighted by molar-refractivity contribution is 5.18. The molecule has 3 rings (SSSR count). The first kappa shape index (κ1) is 15.0. The lowest BCUT2D eigenvalue weighted by Gasteiger charge is -2.47. The number of rotatable bonds is 6. The molecule has 0 radical (unpaired) electrons. The summed E-state index contributed by atoms with van der Waals surface area (Å²) in [6.07, 6.45) is 5.03. The van der Waals surface area contributed by atoms with Gasteiger partial charge >= 0.3 is 0 Å². The van der Waals surface area contributed by atoms with E-state index in [0.717, 1.165) is 25.4 Å². The Bertz CT molecular complexity index is 429. The lowest BCUT2D eigenvalue weighted by atomic mass is 9.85. The summed E-state index contributed by atoms with van der Waals surface area (Å²) in [7, 11) is 0. The summed E-state index contributed by atoms with van der Waals surface area (Å²) < 4.78 is 0. The summed E-state index contributed by atoms with van der Waals surface area (Å²) in [5.41, 5.74) is 7.80. The van der Waals surface area contributed by atoms with E-state index in [2.05, 4.69) is 47.1 Å². The molecule has 3 heteroatoms. The van der Waals surface area contributed by atoms with Crippen molar-refractivity contribution in [3.8, 4) is 0 Å². The van der Waals surface area contributed by atoms with Crippen LogP contribution in [-0.2, 0) is 6.42 Å². The molecule has 1 saturated heterocycles. The zero-order valence-corrected chi connectivity index (χ0v) is 13.3. The van der Waals surface area contributed by atoms with Crippen molar-refractivity contribution in [2.45, 2.75) is 44.2 Å². The average molecular weight is 287 g/mol. The number of nitrogens with two attached hydrogens (primary N) is 1. The van der Waals surface area contributed by atoms with Gasteiger partial charge in [0, 0.05) is 44.3 Å². The third-order valence-corrected chi connectivity index (χ3v) is 5.46. The molecule has 1 saturated carbocycles. The Morgan fingerprint density at radius 1 is 1.10 bits per heavy atom. The summed E-state index contributed by atoms with van der Waals surface area (Å²) in [4.78, 5) is 5.34. The van der Waals surface area contributed by atoms with Gasteiger partial charge in [-0.25, -0.2) is 0 Å². The first-order chi connectivity index (χ1) is 10.3. The van der Waals surface area contributed by atoms with Crippen molar-refractivity contribution in [1.82, 2.24) is 9.80 Å². The topological polar surface area (TPSA) is 32.5 Å². The first-order valence-electron chi connectivity index (χ1n) is 8.50. The van der Waals surface area contributed by atoms with Crippen molar-refractivity contribution in [2.24, 2.45) is 5.73 Å². The van der Waals surface area contributed by atoms with Crippen LogP contribution in [-0.4, -0.2) is 54.1 Å². The minimum atomic E-state index is 0.136. The smallest absolute Gasteiger partial charge is 0.0370 e. The zero-order chi connectivity index (χ0) is 14.7. The van der Waals surface area contributed by atoms with E-state index in [1.54, 1.807) is 0 Å². The van der Waals surface area contributed by atoms with E-state index in [1.807, 2.05) is 0 Å². The van der Waals surface area contributed by atoms with Crippen LogP contribution >= 0.6 is 0 Å². The molecule has 3 nitrogen and oxygen atoms in total. The van der Waals surface area contributed by atoms with Gasteiger partial charge in [-0.2, -0.15) is 0 Å². The lowest BCUT2D eigenvalue weighted by molar-refractivity contribution is 0.0305. The van der Waals surface area contributed by atoms with Gasteiger partial charge in [0.05, 0.1) is 0 Å². The molecule has 1 unspecified atom stereocenters. The first-order valence-corrected chi connectivity index (χ1v) is 8.50. The zero-order valence-electron chi connectivity index (χ0n) is 13.3.